The highest BCUT2D eigenvalue weighted by molar-refractivity contribution is 5.69. The third-order valence-electron chi connectivity index (χ3n) is 3.80. The summed E-state index contributed by atoms with van der Waals surface area (Å²) in [5.74, 6) is 0. The molecule has 0 N–H and O–H groups in total. The van der Waals surface area contributed by atoms with Gasteiger partial charge in [-0.25, -0.2) is 19.6 Å². The number of hydrogen-bond donors (Lipinski definition) is 0. The quantitative estimate of drug-likeness (QED) is 0.842. The van der Waals surface area contributed by atoms with Gasteiger partial charge in [0.1, 0.15) is 13.2 Å². The minimum atomic E-state index is -0.312. The molecule has 2 amide bonds. The van der Waals surface area contributed by atoms with Crippen molar-refractivity contribution in [3.63, 3.8) is 0 Å². The average molecular weight is 305 g/mol. The summed E-state index contributed by atoms with van der Waals surface area (Å²) in [6, 6.07) is 9.59. The van der Waals surface area contributed by atoms with Crippen LogP contribution in [0.25, 0.3) is 0 Å². The van der Waals surface area contributed by atoms with E-state index in [2.05, 4.69) is 0 Å². The Bertz CT molecular complexity index is 529. The van der Waals surface area contributed by atoms with E-state index in [1.54, 1.807) is 9.91 Å². The van der Waals surface area contributed by atoms with Gasteiger partial charge in [-0.2, -0.15) is 0 Å². The average Bonchev–Trinajstić information content (AvgIpc) is 3.00. The SMILES string of the molecule is O=C(OCc1ccccc1)N1CCN(N2CCOC2=O)CC1. The molecule has 118 valence electrons. The summed E-state index contributed by atoms with van der Waals surface area (Å²) in [5.41, 5.74) is 0.967. The molecule has 7 heteroatoms. The van der Waals surface area contributed by atoms with Gasteiger partial charge in [0.25, 0.3) is 0 Å². The predicted octanol–water partition coefficient (Wildman–Crippen LogP) is 1.31. The molecule has 3 rings (SSSR count). The Labute approximate surface area is 129 Å². The lowest BCUT2D eigenvalue weighted by atomic mass is 10.2. The molecule has 0 atom stereocenters. The van der Waals surface area contributed by atoms with Gasteiger partial charge < -0.3 is 14.4 Å². The summed E-state index contributed by atoms with van der Waals surface area (Å²) < 4.78 is 10.2. The largest absolute Gasteiger partial charge is 0.447 e. The monoisotopic (exact) mass is 305 g/mol. The third kappa shape index (κ3) is 3.30. The molecule has 0 aromatic heterocycles. The molecule has 0 unspecified atom stereocenters. The van der Waals surface area contributed by atoms with Gasteiger partial charge in [0.15, 0.2) is 0 Å². The van der Waals surface area contributed by atoms with E-state index < -0.39 is 0 Å². The third-order valence-corrected chi connectivity index (χ3v) is 3.80. The Morgan fingerprint density at radius 1 is 1.09 bits per heavy atom. The van der Waals surface area contributed by atoms with Crippen molar-refractivity contribution in [1.82, 2.24) is 14.9 Å². The van der Waals surface area contributed by atoms with Crippen molar-refractivity contribution < 1.29 is 19.1 Å². The fourth-order valence-corrected chi connectivity index (χ4v) is 2.57. The van der Waals surface area contributed by atoms with Gasteiger partial charge in [0, 0.05) is 26.2 Å². The highest BCUT2D eigenvalue weighted by atomic mass is 16.6. The fraction of sp³-hybridized carbons (Fsp3) is 0.467. The van der Waals surface area contributed by atoms with Crippen molar-refractivity contribution in [3.8, 4) is 0 Å². The standard InChI is InChI=1S/C15H19N3O4/c19-14(22-12-13-4-2-1-3-5-13)16-6-8-17(9-7-16)18-10-11-21-15(18)20/h1-5H,6-12H2. The zero-order valence-corrected chi connectivity index (χ0v) is 12.3. The number of benzene rings is 1. The molecule has 0 saturated carbocycles. The van der Waals surface area contributed by atoms with Gasteiger partial charge in [-0.05, 0) is 5.56 Å². The number of hydrogen-bond acceptors (Lipinski definition) is 5. The van der Waals surface area contributed by atoms with Crippen molar-refractivity contribution in [2.75, 3.05) is 39.3 Å². The summed E-state index contributed by atoms with van der Waals surface area (Å²) in [5, 5.41) is 3.53. The molecule has 7 nitrogen and oxygen atoms in total. The van der Waals surface area contributed by atoms with E-state index in [0.29, 0.717) is 39.3 Å². The van der Waals surface area contributed by atoms with E-state index in [9.17, 15) is 9.59 Å². The van der Waals surface area contributed by atoms with Gasteiger partial charge in [-0.3, -0.25) is 0 Å². The normalized spacial score (nSPS) is 19.2. The maximum absolute atomic E-state index is 12.0. The maximum atomic E-state index is 12.0. The van der Waals surface area contributed by atoms with E-state index in [1.165, 1.54) is 0 Å². The molecular weight excluding hydrogens is 286 g/mol. The molecule has 0 bridgehead atoms. The Kier molecular flexibility index (Phi) is 4.43. The fourth-order valence-electron chi connectivity index (χ4n) is 2.57. The Morgan fingerprint density at radius 2 is 1.82 bits per heavy atom. The molecule has 0 aliphatic carbocycles. The zero-order valence-electron chi connectivity index (χ0n) is 12.3. The molecule has 2 aliphatic rings. The minimum absolute atomic E-state index is 0.276. The molecule has 2 saturated heterocycles. The maximum Gasteiger partial charge on any atom is 0.424 e. The molecule has 2 aliphatic heterocycles. The summed E-state index contributed by atoms with van der Waals surface area (Å²) in [4.78, 5) is 25.2. The molecule has 2 fully saturated rings. The lowest BCUT2D eigenvalue weighted by molar-refractivity contribution is -0.0160. The van der Waals surface area contributed by atoms with Gasteiger partial charge in [0.2, 0.25) is 0 Å². The van der Waals surface area contributed by atoms with Crippen LogP contribution < -0.4 is 0 Å². The van der Waals surface area contributed by atoms with Crippen molar-refractivity contribution >= 4 is 12.2 Å². The number of carbonyl (C=O) groups is 2. The number of amides is 2. The van der Waals surface area contributed by atoms with E-state index in [4.69, 9.17) is 9.47 Å². The predicted molar refractivity (Wildman–Crippen MR) is 77.8 cm³/mol. The number of carbonyl (C=O) groups excluding carboxylic acids is 2. The van der Waals surface area contributed by atoms with Crippen molar-refractivity contribution in [3.05, 3.63) is 35.9 Å². The smallest absolute Gasteiger partial charge is 0.424 e. The van der Waals surface area contributed by atoms with E-state index in [0.717, 1.165) is 5.56 Å². The Balaban J connectivity index is 1.44. The molecule has 0 radical (unpaired) electrons. The highest BCUT2D eigenvalue weighted by Gasteiger charge is 2.31. The minimum Gasteiger partial charge on any atom is -0.447 e. The summed E-state index contributed by atoms with van der Waals surface area (Å²) >= 11 is 0. The van der Waals surface area contributed by atoms with Crippen LogP contribution in [0, 0.1) is 0 Å². The van der Waals surface area contributed by atoms with Gasteiger partial charge in [0.05, 0.1) is 6.54 Å². The molecule has 0 spiro atoms. The number of rotatable bonds is 3. The molecule has 2 heterocycles. The first-order valence-corrected chi connectivity index (χ1v) is 7.39. The van der Waals surface area contributed by atoms with Gasteiger partial charge >= 0.3 is 12.2 Å². The van der Waals surface area contributed by atoms with E-state index in [-0.39, 0.29) is 18.8 Å². The number of cyclic esters (lactones) is 1. The molecule has 22 heavy (non-hydrogen) atoms. The lowest BCUT2D eigenvalue weighted by Crippen LogP contribution is -2.55. The van der Waals surface area contributed by atoms with Crippen molar-refractivity contribution in [2.24, 2.45) is 0 Å². The lowest BCUT2D eigenvalue weighted by Gasteiger charge is -2.37. The number of piperazine rings is 1. The van der Waals surface area contributed by atoms with Crippen LogP contribution in [0.2, 0.25) is 0 Å². The summed E-state index contributed by atoms with van der Waals surface area (Å²) in [6.45, 7) is 3.58. The second-order valence-corrected chi connectivity index (χ2v) is 5.22. The van der Waals surface area contributed by atoms with Crippen LogP contribution in [-0.2, 0) is 16.1 Å². The Morgan fingerprint density at radius 3 is 2.45 bits per heavy atom. The van der Waals surface area contributed by atoms with Crippen LogP contribution in [0.4, 0.5) is 9.59 Å². The van der Waals surface area contributed by atoms with Gasteiger partial charge in [-0.15, -0.1) is 0 Å². The van der Waals surface area contributed by atoms with Gasteiger partial charge in [-0.1, -0.05) is 30.3 Å². The zero-order chi connectivity index (χ0) is 15.4. The first-order valence-electron chi connectivity index (χ1n) is 7.39. The molecule has 1 aromatic rings. The second-order valence-electron chi connectivity index (χ2n) is 5.22. The van der Waals surface area contributed by atoms with Crippen molar-refractivity contribution in [2.45, 2.75) is 6.61 Å². The van der Waals surface area contributed by atoms with Crippen molar-refractivity contribution in [1.29, 1.82) is 0 Å². The second kappa shape index (κ2) is 6.65. The topological polar surface area (TPSA) is 62.3 Å². The Hall–Kier alpha value is -2.28. The van der Waals surface area contributed by atoms with E-state index >= 15 is 0 Å². The summed E-state index contributed by atoms with van der Waals surface area (Å²) in [6.07, 6.45) is -0.618. The first kappa shape index (κ1) is 14.6. The summed E-state index contributed by atoms with van der Waals surface area (Å²) in [7, 11) is 0. The first-order chi connectivity index (χ1) is 10.7. The van der Waals surface area contributed by atoms with Crippen LogP contribution >= 0.6 is 0 Å². The number of nitrogens with zero attached hydrogens (tertiary/aromatic N) is 3. The molecular formula is C15H19N3O4. The van der Waals surface area contributed by atoms with Crippen LogP contribution in [-0.4, -0.2) is 66.4 Å². The van der Waals surface area contributed by atoms with Crippen LogP contribution in [0.1, 0.15) is 5.56 Å². The van der Waals surface area contributed by atoms with Crippen LogP contribution in [0.5, 0.6) is 0 Å². The van der Waals surface area contributed by atoms with Crippen LogP contribution in [0.3, 0.4) is 0 Å². The van der Waals surface area contributed by atoms with Crippen LogP contribution in [0.15, 0.2) is 30.3 Å². The number of ether oxygens (including phenoxy) is 2. The molecule has 1 aromatic carbocycles. The van der Waals surface area contributed by atoms with E-state index in [1.807, 2.05) is 35.3 Å². The number of hydrazine groups is 1. The highest BCUT2D eigenvalue weighted by Crippen LogP contribution is 2.12.